The van der Waals surface area contributed by atoms with Gasteiger partial charge < -0.3 is 10.2 Å². The first-order chi connectivity index (χ1) is 11.6. The second-order valence-electron chi connectivity index (χ2n) is 6.85. The SMILES string of the molecule is CCCCC(=O)N[C@H](C)C(=O)N1CCC(Cc2ccccc2)CC1. The summed E-state index contributed by atoms with van der Waals surface area (Å²) in [5.41, 5.74) is 1.37. The molecule has 0 bridgehead atoms. The molecule has 1 aliphatic heterocycles. The van der Waals surface area contributed by atoms with E-state index in [-0.39, 0.29) is 11.8 Å². The highest BCUT2D eigenvalue weighted by molar-refractivity contribution is 5.87. The standard InChI is InChI=1S/C20H30N2O2/c1-3-4-10-19(23)21-16(2)20(24)22-13-11-18(12-14-22)15-17-8-6-5-7-9-17/h5-9,16,18H,3-4,10-15H2,1-2H3,(H,21,23)/t16-/m1/s1. The van der Waals surface area contributed by atoms with Gasteiger partial charge in [-0.25, -0.2) is 0 Å². The fourth-order valence-electron chi connectivity index (χ4n) is 3.29. The van der Waals surface area contributed by atoms with Gasteiger partial charge in [0, 0.05) is 19.5 Å². The van der Waals surface area contributed by atoms with Gasteiger partial charge in [-0.15, -0.1) is 0 Å². The molecule has 1 aromatic rings. The van der Waals surface area contributed by atoms with Crippen LogP contribution in [-0.2, 0) is 16.0 Å². The molecule has 0 aromatic heterocycles. The van der Waals surface area contributed by atoms with Gasteiger partial charge in [0.05, 0.1) is 0 Å². The summed E-state index contributed by atoms with van der Waals surface area (Å²) in [5, 5.41) is 2.83. The number of nitrogens with zero attached hydrogens (tertiary/aromatic N) is 1. The minimum absolute atomic E-state index is 0.0170. The van der Waals surface area contributed by atoms with E-state index in [0.717, 1.165) is 45.2 Å². The highest BCUT2D eigenvalue weighted by Gasteiger charge is 2.26. The molecule has 2 rings (SSSR count). The smallest absolute Gasteiger partial charge is 0.244 e. The molecular weight excluding hydrogens is 300 g/mol. The molecule has 24 heavy (non-hydrogen) atoms. The Morgan fingerprint density at radius 2 is 1.88 bits per heavy atom. The fraction of sp³-hybridized carbons (Fsp3) is 0.600. The van der Waals surface area contributed by atoms with E-state index in [4.69, 9.17) is 0 Å². The average molecular weight is 330 g/mol. The molecule has 1 N–H and O–H groups in total. The van der Waals surface area contributed by atoms with Crippen molar-refractivity contribution in [3.8, 4) is 0 Å². The van der Waals surface area contributed by atoms with Crippen molar-refractivity contribution in [2.75, 3.05) is 13.1 Å². The molecule has 1 aliphatic rings. The number of hydrogen-bond acceptors (Lipinski definition) is 2. The predicted octanol–water partition coefficient (Wildman–Crippen LogP) is 3.16. The third kappa shape index (κ3) is 5.66. The third-order valence-corrected chi connectivity index (χ3v) is 4.80. The van der Waals surface area contributed by atoms with Crippen molar-refractivity contribution in [3.63, 3.8) is 0 Å². The molecule has 0 saturated carbocycles. The van der Waals surface area contributed by atoms with Crippen LogP contribution < -0.4 is 5.32 Å². The van der Waals surface area contributed by atoms with Crippen molar-refractivity contribution in [2.45, 2.75) is 58.4 Å². The maximum absolute atomic E-state index is 12.5. The number of nitrogens with one attached hydrogen (secondary N) is 1. The maximum atomic E-state index is 12.5. The molecule has 0 unspecified atom stereocenters. The van der Waals surface area contributed by atoms with Gasteiger partial charge in [-0.1, -0.05) is 43.7 Å². The lowest BCUT2D eigenvalue weighted by Crippen LogP contribution is -2.49. The average Bonchev–Trinajstić information content (AvgIpc) is 2.61. The van der Waals surface area contributed by atoms with Crippen molar-refractivity contribution < 1.29 is 9.59 Å². The van der Waals surface area contributed by atoms with Crippen molar-refractivity contribution in [1.29, 1.82) is 0 Å². The van der Waals surface area contributed by atoms with Crippen LogP contribution >= 0.6 is 0 Å². The Kier molecular flexibility index (Phi) is 7.29. The lowest BCUT2D eigenvalue weighted by Gasteiger charge is -2.33. The van der Waals surface area contributed by atoms with E-state index >= 15 is 0 Å². The van der Waals surface area contributed by atoms with Crippen molar-refractivity contribution in [2.24, 2.45) is 5.92 Å². The Bertz CT molecular complexity index is 522. The minimum Gasteiger partial charge on any atom is -0.345 e. The zero-order valence-corrected chi connectivity index (χ0v) is 15.0. The highest BCUT2D eigenvalue weighted by Crippen LogP contribution is 2.22. The van der Waals surface area contributed by atoms with Crippen LogP contribution in [0.4, 0.5) is 0 Å². The summed E-state index contributed by atoms with van der Waals surface area (Å²) >= 11 is 0. The second kappa shape index (κ2) is 9.45. The van der Waals surface area contributed by atoms with Crippen LogP contribution in [0, 0.1) is 5.92 Å². The molecule has 1 heterocycles. The van der Waals surface area contributed by atoms with Crippen molar-refractivity contribution in [1.82, 2.24) is 10.2 Å². The van der Waals surface area contributed by atoms with Crippen LogP contribution in [0.5, 0.6) is 0 Å². The molecule has 2 amide bonds. The number of benzene rings is 1. The fourth-order valence-corrected chi connectivity index (χ4v) is 3.29. The Labute approximate surface area is 145 Å². The molecular formula is C20H30N2O2. The van der Waals surface area contributed by atoms with E-state index in [1.807, 2.05) is 11.0 Å². The number of carbonyl (C=O) groups is 2. The highest BCUT2D eigenvalue weighted by atomic mass is 16.2. The number of amides is 2. The van der Waals surface area contributed by atoms with E-state index in [2.05, 4.69) is 36.5 Å². The van der Waals surface area contributed by atoms with Crippen LogP contribution in [0.2, 0.25) is 0 Å². The van der Waals surface area contributed by atoms with Gasteiger partial charge in [0.1, 0.15) is 6.04 Å². The molecule has 1 aromatic carbocycles. The monoisotopic (exact) mass is 330 g/mol. The topological polar surface area (TPSA) is 49.4 Å². The van der Waals surface area contributed by atoms with E-state index in [0.29, 0.717) is 12.3 Å². The Morgan fingerprint density at radius 1 is 1.21 bits per heavy atom. The second-order valence-corrected chi connectivity index (χ2v) is 6.85. The van der Waals surface area contributed by atoms with E-state index in [9.17, 15) is 9.59 Å². The van der Waals surface area contributed by atoms with Crippen molar-refractivity contribution in [3.05, 3.63) is 35.9 Å². The first-order valence-electron chi connectivity index (χ1n) is 9.22. The largest absolute Gasteiger partial charge is 0.345 e. The van der Waals surface area contributed by atoms with Gasteiger partial charge in [-0.3, -0.25) is 9.59 Å². The number of unbranched alkanes of at least 4 members (excludes halogenated alkanes) is 1. The lowest BCUT2D eigenvalue weighted by molar-refractivity contribution is -0.137. The molecule has 4 nitrogen and oxygen atoms in total. The van der Waals surface area contributed by atoms with Gasteiger partial charge in [0.15, 0.2) is 0 Å². The van der Waals surface area contributed by atoms with E-state index < -0.39 is 6.04 Å². The van der Waals surface area contributed by atoms with Crippen LogP contribution in [0.25, 0.3) is 0 Å². The summed E-state index contributed by atoms with van der Waals surface area (Å²) in [6, 6.07) is 10.1. The predicted molar refractivity (Wildman–Crippen MR) is 96.6 cm³/mol. The summed E-state index contributed by atoms with van der Waals surface area (Å²) in [7, 11) is 0. The zero-order valence-electron chi connectivity index (χ0n) is 15.0. The summed E-state index contributed by atoms with van der Waals surface area (Å²) in [5.74, 6) is 0.681. The Morgan fingerprint density at radius 3 is 2.50 bits per heavy atom. The summed E-state index contributed by atoms with van der Waals surface area (Å²) in [6.45, 7) is 5.45. The van der Waals surface area contributed by atoms with Gasteiger partial charge in [-0.05, 0) is 44.1 Å². The summed E-state index contributed by atoms with van der Waals surface area (Å²) < 4.78 is 0. The molecule has 0 aliphatic carbocycles. The van der Waals surface area contributed by atoms with Crippen LogP contribution in [0.3, 0.4) is 0 Å². The molecule has 132 valence electrons. The molecule has 1 atom stereocenters. The van der Waals surface area contributed by atoms with Gasteiger partial charge in [0.25, 0.3) is 0 Å². The quantitative estimate of drug-likeness (QED) is 0.835. The van der Waals surface area contributed by atoms with Crippen LogP contribution in [0.15, 0.2) is 30.3 Å². The van der Waals surface area contributed by atoms with Gasteiger partial charge in [-0.2, -0.15) is 0 Å². The number of likely N-dealkylation sites (tertiary alicyclic amines) is 1. The Hall–Kier alpha value is -1.84. The third-order valence-electron chi connectivity index (χ3n) is 4.80. The first-order valence-corrected chi connectivity index (χ1v) is 9.22. The van der Waals surface area contributed by atoms with Gasteiger partial charge in [0.2, 0.25) is 11.8 Å². The normalized spacial score (nSPS) is 16.7. The molecule has 1 saturated heterocycles. The molecule has 0 spiro atoms. The lowest BCUT2D eigenvalue weighted by atomic mass is 9.90. The minimum atomic E-state index is -0.417. The molecule has 1 fully saturated rings. The van der Waals surface area contributed by atoms with Crippen LogP contribution in [0.1, 0.15) is 51.5 Å². The summed E-state index contributed by atoms with van der Waals surface area (Å²) in [6.07, 6.45) is 5.54. The van der Waals surface area contributed by atoms with Crippen molar-refractivity contribution >= 4 is 11.8 Å². The number of carbonyl (C=O) groups excluding carboxylic acids is 2. The van der Waals surface area contributed by atoms with Gasteiger partial charge >= 0.3 is 0 Å². The summed E-state index contributed by atoms with van der Waals surface area (Å²) in [4.78, 5) is 26.2. The number of hydrogen-bond donors (Lipinski definition) is 1. The first kappa shape index (κ1) is 18.5. The molecule has 0 radical (unpaired) electrons. The zero-order chi connectivity index (χ0) is 17.4. The number of rotatable bonds is 7. The number of piperidine rings is 1. The maximum Gasteiger partial charge on any atom is 0.244 e. The van der Waals surface area contributed by atoms with E-state index in [1.165, 1.54) is 5.56 Å². The Balaban J connectivity index is 1.74. The molecule has 4 heteroatoms. The van der Waals surface area contributed by atoms with E-state index in [1.54, 1.807) is 6.92 Å². The van der Waals surface area contributed by atoms with Crippen LogP contribution in [-0.4, -0.2) is 35.8 Å².